The van der Waals surface area contributed by atoms with Gasteiger partial charge in [0, 0.05) is 5.56 Å². The van der Waals surface area contributed by atoms with Crippen LogP contribution in [0.4, 0.5) is 4.39 Å². The molecule has 1 aliphatic heterocycles. The van der Waals surface area contributed by atoms with Gasteiger partial charge in [-0.25, -0.2) is 4.39 Å². The number of hydrogen-bond donors (Lipinski definition) is 0. The van der Waals surface area contributed by atoms with Gasteiger partial charge in [-0.2, -0.15) is 0 Å². The van der Waals surface area contributed by atoms with Gasteiger partial charge in [0.1, 0.15) is 11.6 Å². The molecule has 1 unspecified atom stereocenters. The van der Waals surface area contributed by atoms with Crippen LogP contribution < -0.4 is 4.74 Å². The summed E-state index contributed by atoms with van der Waals surface area (Å²) in [5.74, 6) is -0.209. The molecular weight excluding hydrogens is 255 g/mol. The van der Waals surface area contributed by atoms with E-state index in [1.165, 1.54) is 6.07 Å². The molecule has 0 radical (unpaired) electrons. The Labute approximate surface area is 117 Å². The fourth-order valence-electron chi connectivity index (χ4n) is 2.62. The number of carbonyl (C=O) groups excluding carboxylic acids is 1. The minimum absolute atomic E-state index is 0.164. The Bertz CT molecular complexity index is 664. The van der Waals surface area contributed by atoms with Crippen molar-refractivity contribution in [2.24, 2.45) is 0 Å². The SMILES string of the molecule is Cc1ccc(C(=O)C2CCOc3ccccc32)c(F)c1. The summed E-state index contributed by atoms with van der Waals surface area (Å²) in [5.41, 5.74) is 1.83. The average Bonchev–Trinajstić information content (AvgIpc) is 2.46. The summed E-state index contributed by atoms with van der Waals surface area (Å²) >= 11 is 0. The molecule has 0 aliphatic carbocycles. The molecule has 2 nitrogen and oxygen atoms in total. The Kier molecular flexibility index (Phi) is 3.26. The van der Waals surface area contributed by atoms with Crippen LogP contribution in [-0.2, 0) is 0 Å². The van der Waals surface area contributed by atoms with E-state index in [1.807, 2.05) is 24.3 Å². The third-order valence-corrected chi connectivity index (χ3v) is 3.67. The lowest BCUT2D eigenvalue weighted by atomic mass is 9.86. The van der Waals surface area contributed by atoms with E-state index in [0.717, 1.165) is 16.9 Å². The molecule has 0 fully saturated rings. The van der Waals surface area contributed by atoms with Gasteiger partial charge in [-0.3, -0.25) is 4.79 Å². The molecule has 1 atom stereocenters. The lowest BCUT2D eigenvalue weighted by Crippen LogP contribution is -2.22. The van der Waals surface area contributed by atoms with E-state index in [1.54, 1.807) is 19.1 Å². The summed E-state index contributed by atoms with van der Waals surface area (Å²) in [4.78, 5) is 12.6. The van der Waals surface area contributed by atoms with Crippen molar-refractivity contribution in [2.45, 2.75) is 19.3 Å². The number of para-hydroxylation sites is 1. The number of aryl methyl sites for hydroxylation is 1. The van der Waals surface area contributed by atoms with Gasteiger partial charge in [0.05, 0.1) is 18.1 Å². The summed E-state index contributed by atoms with van der Waals surface area (Å²) in [6.07, 6.45) is 0.586. The van der Waals surface area contributed by atoms with Crippen molar-refractivity contribution in [3.8, 4) is 5.75 Å². The maximum Gasteiger partial charge on any atom is 0.173 e. The van der Waals surface area contributed by atoms with Crippen LogP contribution in [0.2, 0.25) is 0 Å². The van der Waals surface area contributed by atoms with Crippen molar-refractivity contribution in [1.29, 1.82) is 0 Å². The first-order valence-corrected chi connectivity index (χ1v) is 6.69. The smallest absolute Gasteiger partial charge is 0.173 e. The maximum absolute atomic E-state index is 14.0. The number of rotatable bonds is 2. The summed E-state index contributed by atoms with van der Waals surface area (Å²) in [6.45, 7) is 2.29. The lowest BCUT2D eigenvalue weighted by Gasteiger charge is -2.25. The predicted octanol–water partition coefficient (Wildman–Crippen LogP) is 3.88. The monoisotopic (exact) mass is 270 g/mol. The van der Waals surface area contributed by atoms with Crippen LogP contribution in [-0.4, -0.2) is 12.4 Å². The molecule has 0 N–H and O–H groups in total. The Balaban J connectivity index is 2.00. The second kappa shape index (κ2) is 5.08. The van der Waals surface area contributed by atoms with Gasteiger partial charge >= 0.3 is 0 Å². The largest absolute Gasteiger partial charge is 0.493 e. The van der Waals surface area contributed by atoms with Crippen molar-refractivity contribution in [1.82, 2.24) is 0 Å². The van der Waals surface area contributed by atoms with Crippen LogP contribution in [0.5, 0.6) is 5.75 Å². The quantitative estimate of drug-likeness (QED) is 0.774. The van der Waals surface area contributed by atoms with Crippen LogP contribution in [0, 0.1) is 12.7 Å². The second-order valence-electron chi connectivity index (χ2n) is 5.08. The van der Waals surface area contributed by atoms with Crippen molar-refractivity contribution in [2.75, 3.05) is 6.61 Å². The molecule has 0 amide bonds. The molecular formula is C17H15FO2. The predicted molar refractivity (Wildman–Crippen MR) is 74.8 cm³/mol. The van der Waals surface area contributed by atoms with Crippen LogP contribution >= 0.6 is 0 Å². The number of ether oxygens (including phenoxy) is 1. The van der Waals surface area contributed by atoms with E-state index >= 15 is 0 Å². The zero-order valence-corrected chi connectivity index (χ0v) is 11.2. The van der Waals surface area contributed by atoms with Gasteiger partial charge in [0.25, 0.3) is 0 Å². The maximum atomic E-state index is 14.0. The van der Waals surface area contributed by atoms with Crippen molar-refractivity contribution < 1.29 is 13.9 Å². The molecule has 0 saturated heterocycles. The zero-order chi connectivity index (χ0) is 14.1. The normalized spacial score (nSPS) is 17.2. The molecule has 20 heavy (non-hydrogen) atoms. The van der Waals surface area contributed by atoms with Crippen LogP contribution in [0.3, 0.4) is 0 Å². The van der Waals surface area contributed by atoms with Gasteiger partial charge in [0.2, 0.25) is 0 Å². The number of hydrogen-bond acceptors (Lipinski definition) is 2. The molecule has 1 heterocycles. The zero-order valence-electron chi connectivity index (χ0n) is 11.2. The lowest BCUT2D eigenvalue weighted by molar-refractivity contribution is 0.0929. The molecule has 3 rings (SSSR count). The first kappa shape index (κ1) is 12.9. The van der Waals surface area contributed by atoms with E-state index in [0.29, 0.717) is 13.0 Å². The molecule has 102 valence electrons. The van der Waals surface area contributed by atoms with Crippen molar-refractivity contribution in [3.63, 3.8) is 0 Å². The minimum atomic E-state index is -0.445. The minimum Gasteiger partial charge on any atom is -0.493 e. The Morgan fingerprint density at radius 3 is 2.85 bits per heavy atom. The summed E-state index contributed by atoms with van der Waals surface area (Å²) in [7, 11) is 0. The highest BCUT2D eigenvalue weighted by molar-refractivity contribution is 6.01. The topological polar surface area (TPSA) is 26.3 Å². The Hall–Kier alpha value is -2.16. The molecule has 0 aromatic heterocycles. The van der Waals surface area contributed by atoms with Gasteiger partial charge in [-0.15, -0.1) is 0 Å². The number of carbonyl (C=O) groups is 1. The van der Waals surface area contributed by atoms with E-state index in [4.69, 9.17) is 4.74 Å². The number of Topliss-reactive ketones (excluding diaryl/α,β-unsaturated/α-hetero) is 1. The molecule has 2 aromatic carbocycles. The summed E-state index contributed by atoms with van der Waals surface area (Å²) in [6, 6.07) is 12.2. The molecule has 3 heteroatoms. The Morgan fingerprint density at radius 1 is 1.25 bits per heavy atom. The van der Waals surface area contributed by atoms with Gasteiger partial charge < -0.3 is 4.74 Å². The van der Waals surface area contributed by atoms with Gasteiger partial charge in [-0.05, 0) is 37.1 Å². The number of benzene rings is 2. The average molecular weight is 270 g/mol. The highest BCUT2D eigenvalue weighted by Crippen LogP contribution is 2.35. The number of ketones is 1. The molecule has 0 saturated carbocycles. The first-order valence-electron chi connectivity index (χ1n) is 6.69. The van der Waals surface area contributed by atoms with Gasteiger partial charge in [0.15, 0.2) is 5.78 Å². The summed E-state index contributed by atoms with van der Waals surface area (Å²) in [5, 5.41) is 0. The van der Waals surface area contributed by atoms with Crippen molar-refractivity contribution in [3.05, 3.63) is 65.0 Å². The second-order valence-corrected chi connectivity index (χ2v) is 5.08. The fraction of sp³-hybridized carbons (Fsp3) is 0.235. The van der Waals surface area contributed by atoms with E-state index < -0.39 is 5.82 Å². The van der Waals surface area contributed by atoms with E-state index in [9.17, 15) is 9.18 Å². The van der Waals surface area contributed by atoms with E-state index in [-0.39, 0.29) is 17.3 Å². The first-order chi connectivity index (χ1) is 9.66. The van der Waals surface area contributed by atoms with Crippen LogP contribution in [0.1, 0.15) is 33.8 Å². The standard InChI is InChI=1S/C17H15FO2/c1-11-6-7-14(15(18)10-11)17(19)13-8-9-20-16-5-3-2-4-12(13)16/h2-7,10,13H,8-9H2,1H3. The Morgan fingerprint density at radius 2 is 2.05 bits per heavy atom. The van der Waals surface area contributed by atoms with Crippen molar-refractivity contribution >= 4 is 5.78 Å². The summed E-state index contributed by atoms with van der Waals surface area (Å²) < 4.78 is 19.5. The fourth-order valence-corrected chi connectivity index (χ4v) is 2.62. The van der Waals surface area contributed by atoms with Gasteiger partial charge in [-0.1, -0.05) is 24.3 Å². The molecule has 0 bridgehead atoms. The number of halogens is 1. The number of fused-ring (bicyclic) bond motifs is 1. The third-order valence-electron chi connectivity index (χ3n) is 3.67. The molecule has 2 aromatic rings. The highest BCUT2D eigenvalue weighted by atomic mass is 19.1. The third kappa shape index (κ3) is 2.20. The molecule has 0 spiro atoms. The van der Waals surface area contributed by atoms with Crippen LogP contribution in [0.15, 0.2) is 42.5 Å². The molecule has 1 aliphatic rings. The van der Waals surface area contributed by atoms with E-state index in [2.05, 4.69) is 0 Å². The highest BCUT2D eigenvalue weighted by Gasteiger charge is 2.29. The van der Waals surface area contributed by atoms with Crippen LogP contribution in [0.25, 0.3) is 0 Å².